The lowest BCUT2D eigenvalue weighted by Gasteiger charge is -2.15. The number of benzene rings is 2. The maximum absolute atomic E-state index is 12.5. The summed E-state index contributed by atoms with van der Waals surface area (Å²) in [5, 5.41) is 6.35. The molecule has 0 spiro atoms. The molecule has 10 heteroatoms. The summed E-state index contributed by atoms with van der Waals surface area (Å²) in [5.74, 6) is 1.17. The van der Waals surface area contributed by atoms with E-state index in [0.717, 1.165) is 5.56 Å². The fourth-order valence-corrected chi connectivity index (χ4v) is 4.09. The van der Waals surface area contributed by atoms with E-state index in [-0.39, 0.29) is 28.2 Å². The number of methoxy groups -OCH3 is 1. The van der Waals surface area contributed by atoms with Crippen molar-refractivity contribution in [3.8, 4) is 5.75 Å². The lowest BCUT2D eigenvalue weighted by atomic mass is 10.2. The summed E-state index contributed by atoms with van der Waals surface area (Å²) in [6, 6.07) is 12.2. The second-order valence-electron chi connectivity index (χ2n) is 6.34. The smallest absolute Gasteiger partial charge is 0.242 e. The van der Waals surface area contributed by atoms with E-state index in [1.165, 1.54) is 12.3 Å². The van der Waals surface area contributed by atoms with Crippen LogP contribution in [0, 0.1) is 6.92 Å². The molecule has 0 aliphatic carbocycles. The number of ether oxygens (including phenoxy) is 1. The minimum atomic E-state index is -3.68. The van der Waals surface area contributed by atoms with Crippen molar-refractivity contribution in [2.24, 2.45) is 0 Å². The van der Waals surface area contributed by atoms with Crippen molar-refractivity contribution in [3.63, 3.8) is 0 Å². The van der Waals surface area contributed by atoms with Crippen LogP contribution in [-0.4, -0.2) is 32.0 Å². The standard InChI is InChI=1S/C20H22ClN5O3S/c1-4-23-30(27,28)18-8-6-5-7-15(18)24-19-14(21)12-22-20(26-19)25-16-11-13(2)9-10-17(16)29-3/h5-12,23H,4H2,1-3H3,(H2,22,24,25,26). The Morgan fingerprint density at radius 2 is 1.87 bits per heavy atom. The lowest BCUT2D eigenvalue weighted by molar-refractivity contribution is 0.416. The summed E-state index contributed by atoms with van der Waals surface area (Å²) in [6.45, 7) is 3.95. The molecule has 0 atom stereocenters. The van der Waals surface area contributed by atoms with Gasteiger partial charge in [-0.2, -0.15) is 4.98 Å². The first-order chi connectivity index (χ1) is 14.3. The van der Waals surface area contributed by atoms with Crippen molar-refractivity contribution in [1.82, 2.24) is 14.7 Å². The van der Waals surface area contributed by atoms with Crippen LogP contribution in [0.4, 0.5) is 23.1 Å². The largest absolute Gasteiger partial charge is 0.495 e. The molecule has 0 saturated heterocycles. The predicted octanol–water partition coefficient (Wildman–Crippen LogP) is 4.23. The molecule has 0 bridgehead atoms. The molecule has 1 aromatic heterocycles. The van der Waals surface area contributed by atoms with Crippen LogP contribution < -0.4 is 20.1 Å². The maximum Gasteiger partial charge on any atom is 0.242 e. The zero-order valence-corrected chi connectivity index (χ0v) is 18.3. The molecule has 158 valence electrons. The third-order valence-corrected chi connectivity index (χ3v) is 5.99. The number of hydrogen-bond acceptors (Lipinski definition) is 7. The van der Waals surface area contributed by atoms with Gasteiger partial charge in [-0.05, 0) is 36.8 Å². The molecule has 3 rings (SSSR count). The Bertz CT molecular complexity index is 1150. The van der Waals surface area contributed by atoms with Gasteiger partial charge in [-0.3, -0.25) is 0 Å². The fourth-order valence-electron chi connectivity index (χ4n) is 2.75. The van der Waals surface area contributed by atoms with Crippen LogP contribution >= 0.6 is 11.6 Å². The van der Waals surface area contributed by atoms with Gasteiger partial charge in [0.15, 0.2) is 5.82 Å². The number of aryl methyl sites for hydroxylation is 1. The Balaban J connectivity index is 1.94. The van der Waals surface area contributed by atoms with Gasteiger partial charge in [0.05, 0.1) is 24.7 Å². The molecule has 30 heavy (non-hydrogen) atoms. The van der Waals surface area contributed by atoms with Crippen molar-refractivity contribution in [1.29, 1.82) is 0 Å². The number of para-hydroxylation sites is 1. The number of rotatable bonds is 8. The molecule has 0 amide bonds. The van der Waals surface area contributed by atoms with E-state index in [2.05, 4.69) is 25.3 Å². The zero-order chi connectivity index (χ0) is 21.7. The Hall–Kier alpha value is -2.88. The highest BCUT2D eigenvalue weighted by molar-refractivity contribution is 7.89. The lowest BCUT2D eigenvalue weighted by Crippen LogP contribution is -2.24. The van der Waals surface area contributed by atoms with Gasteiger partial charge in [0, 0.05) is 6.54 Å². The first-order valence-corrected chi connectivity index (χ1v) is 11.0. The van der Waals surface area contributed by atoms with Crippen LogP contribution in [-0.2, 0) is 10.0 Å². The average molecular weight is 448 g/mol. The zero-order valence-electron chi connectivity index (χ0n) is 16.7. The molecule has 0 aliphatic heterocycles. The number of nitrogens with zero attached hydrogens (tertiary/aromatic N) is 2. The van der Waals surface area contributed by atoms with Crippen molar-refractivity contribution in [2.45, 2.75) is 18.7 Å². The molecule has 3 N–H and O–H groups in total. The third-order valence-electron chi connectivity index (χ3n) is 4.11. The SMILES string of the molecule is CCNS(=O)(=O)c1ccccc1Nc1nc(Nc2cc(C)ccc2OC)ncc1Cl. The second-order valence-corrected chi connectivity index (χ2v) is 8.48. The van der Waals surface area contributed by atoms with E-state index in [0.29, 0.717) is 17.1 Å². The van der Waals surface area contributed by atoms with Crippen LogP contribution in [0.5, 0.6) is 5.75 Å². The molecule has 0 aliphatic rings. The van der Waals surface area contributed by atoms with E-state index in [4.69, 9.17) is 16.3 Å². The summed E-state index contributed by atoms with van der Waals surface area (Å²) < 4.78 is 32.8. The first kappa shape index (κ1) is 21.8. The molecule has 0 saturated carbocycles. The second kappa shape index (κ2) is 9.29. The van der Waals surface area contributed by atoms with E-state index >= 15 is 0 Å². The van der Waals surface area contributed by atoms with E-state index in [1.807, 2.05) is 25.1 Å². The molecule has 0 unspecified atom stereocenters. The molecule has 8 nitrogen and oxygen atoms in total. The molecular weight excluding hydrogens is 426 g/mol. The van der Waals surface area contributed by atoms with E-state index in [1.54, 1.807) is 32.2 Å². The number of hydrogen-bond donors (Lipinski definition) is 3. The summed E-state index contributed by atoms with van der Waals surface area (Å²) in [6.07, 6.45) is 1.43. The van der Waals surface area contributed by atoms with Crippen LogP contribution in [0.3, 0.4) is 0 Å². The molecule has 0 radical (unpaired) electrons. The molecule has 3 aromatic rings. The summed E-state index contributed by atoms with van der Waals surface area (Å²) in [7, 11) is -2.10. The van der Waals surface area contributed by atoms with Crippen LogP contribution in [0.15, 0.2) is 53.6 Å². The van der Waals surface area contributed by atoms with Gasteiger partial charge >= 0.3 is 0 Å². The number of aromatic nitrogens is 2. The molecule has 0 fully saturated rings. The van der Waals surface area contributed by atoms with E-state index < -0.39 is 10.0 Å². The number of halogens is 1. The Kier molecular flexibility index (Phi) is 6.76. The molecular formula is C20H22ClN5O3S. The Morgan fingerprint density at radius 1 is 1.10 bits per heavy atom. The predicted molar refractivity (Wildman–Crippen MR) is 119 cm³/mol. The van der Waals surface area contributed by atoms with Crippen molar-refractivity contribution < 1.29 is 13.2 Å². The van der Waals surface area contributed by atoms with Gasteiger partial charge in [-0.25, -0.2) is 18.1 Å². The number of sulfonamides is 1. The fraction of sp³-hybridized carbons (Fsp3) is 0.200. The van der Waals surface area contributed by atoms with Gasteiger partial charge in [0.25, 0.3) is 0 Å². The minimum Gasteiger partial charge on any atom is -0.495 e. The highest BCUT2D eigenvalue weighted by Gasteiger charge is 2.18. The van der Waals surface area contributed by atoms with Crippen molar-refractivity contribution in [2.75, 3.05) is 24.3 Å². The van der Waals surface area contributed by atoms with Crippen LogP contribution in [0.2, 0.25) is 5.02 Å². The summed E-state index contributed by atoms with van der Waals surface area (Å²) >= 11 is 6.26. The Morgan fingerprint density at radius 3 is 2.60 bits per heavy atom. The molecule has 2 aromatic carbocycles. The van der Waals surface area contributed by atoms with Gasteiger partial charge < -0.3 is 15.4 Å². The highest BCUT2D eigenvalue weighted by Crippen LogP contribution is 2.31. The maximum atomic E-state index is 12.5. The van der Waals surface area contributed by atoms with Crippen LogP contribution in [0.25, 0.3) is 0 Å². The third kappa shape index (κ3) is 4.99. The van der Waals surface area contributed by atoms with Gasteiger partial charge in [0.2, 0.25) is 16.0 Å². The Labute approximate surface area is 180 Å². The summed E-state index contributed by atoms with van der Waals surface area (Å²) in [4.78, 5) is 8.70. The number of anilines is 4. The average Bonchev–Trinajstić information content (AvgIpc) is 2.71. The quantitative estimate of drug-likeness (QED) is 0.474. The number of nitrogens with one attached hydrogen (secondary N) is 3. The first-order valence-electron chi connectivity index (χ1n) is 9.14. The minimum absolute atomic E-state index is 0.0939. The molecule has 1 heterocycles. The van der Waals surface area contributed by atoms with Crippen LogP contribution in [0.1, 0.15) is 12.5 Å². The highest BCUT2D eigenvalue weighted by atomic mass is 35.5. The van der Waals surface area contributed by atoms with Gasteiger partial charge in [0.1, 0.15) is 15.7 Å². The van der Waals surface area contributed by atoms with Crippen molar-refractivity contribution in [3.05, 3.63) is 59.2 Å². The van der Waals surface area contributed by atoms with Crippen molar-refractivity contribution >= 4 is 44.8 Å². The van der Waals surface area contributed by atoms with E-state index in [9.17, 15) is 8.42 Å². The topological polar surface area (TPSA) is 105 Å². The summed E-state index contributed by atoms with van der Waals surface area (Å²) in [5.41, 5.74) is 2.08. The normalized spacial score (nSPS) is 11.2. The monoisotopic (exact) mass is 447 g/mol. The van der Waals surface area contributed by atoms with Gasteiger partial charge in [-0.15, -0.1) is 0 Å². The van der Waals surface area contributed by atoms with Gasteiger partial charge in [-0.1, -0.05) is 36.7 Å².